The zero-order valence-electron chi connectivity index (χ0n) is 12.0. The summed E-state index contributed by atoms with van der Waals surface area (Å²) in [5, 5.41) is 3.51. The van der Waals surface area contributed by atoms with Crippen molar-refractivity contribution in [3.8, 4) is 0 Å². The van der Waals surface area contributed by atoms with E-state index in [2.05, 4.69) is 36.0 Å². The SMILES string of the molecule is CN=C(NCC1(C)COC1)N1CCSC(C)(C)C1. The van der Waals surface area contributed by atoms with Gasteiger partial charge in [0.2, 0.25) is 0 Å². The second-order valence-electron chi connectivity index (χ2n) is 6.23. The Balaban J connectivity index is 1.88. The molecule has 0 bridgehead atoms. The molecule has 2 heterocycles. The maximum atomic E-state index is 5.29. The molecule has 0 atom stereocenters. The van der Waals surface area contributed by atoms with Crippen LogP contribution in [-0.4, -0.2) is 61.3 Å². The Morgan fingerprint density at radius 3 is 2.61 bits per heavy atom. The van der Waals surface area contributed by atoms with Crippen molar-refractivity contribution in [2.45, 2.75) is 25.5 Å². The van der Waals surface area contributed by atoms with Gasteiger partial charge in [-0.05, 0) is 13.8 Å². The largest absolute Gasteiger partial charge is 0.380 e. The van der Waals surface area contributed by atoms with Gasteiger partial charge in [-0.15, -0.1) is 0 Å². The molecule has 2 aliphatic heterocycles. The highest BCUT2D eigenvalue weighted by Crippen LogP contribution is 2.30. The van der Waals surface area contributed by atoms with E-state index >= 15 is 0 Å². The Bertz CT molecular complexity index is 326. The summed E-state index contributed by atoms with van der Waals surface area (Å²) in [6, 6.07) is 0. The van der Waals surface area contributed by atoms with Gasteiger partial charge in [0, 0.05) is 42.6 Å². The fourth-order valence-corrected chi connectivity index (χ4v) is 3.49. The molecule has 1 N–H and O–H groups in total. The topological polar surface area (TPSA) is 36.9 Å². The summed E-state index contributed by atoms with van der Waals surface area (Å²) < 4.78 is 5.60. The van der Waals surface area contributed by atoms with Crippen molar-refractivity contribution in [1.82, 2.24) is 10.2 Å². The summed E-state index contributed by atoms with van der Waals surface area (Å²) in [5.74, 6) is 2.21. The second kappa shape index (κ2) is 5.29. The highest BCUT2D eigenvalue weighted by molar-refractivity contribution is 8.00. The van der Waals surface area contributed by atoms with Crippen LogP contribution in [0.1, 0.15) is 20.8 Å². The Morgan fingerprint density at radius 2 is 2.11 bits per heavy atom. The van der Waals surface area contributed by atoms with Crippen LogP contribution in [0.15, 0.2) is 4.99 Å². The number of nitrogens with zero attached hydrogens (tertiary/aromatic N) is 2. The lowest BCUT2D eigenvalue weighted by atomic mass is 9.89. The molecule has 4 nitrogen and oxygen atoms in total. The molecule has 0 aromatic heterocycles. The minimum Gasteiger partial charge on any atom is -0.380 e. The van der Waals surface area contributed by atoms with Gasteiger partial charge in [0.1, 0.15) is 0 Å². The number of nitrogens with one attached hydrogen (secondary N) is 1. The van der Waals surface area contributed by atoms with Crippen LogP contribution in [0.25, 0.3) is 0 Å². The van der Waals surface area contributed by atoms with E-state index in [4.69, 9.17) is 4.74 Å². The van der Waals surface area contributed by atoms with E-state index in [1.165, 1.54) is 5.75 Å². The number of ether oxygens (including phenoxy) is 1. The number of hydrogen-bond acceptors (Lipinski definition) is 3. The minimum absolute atomic E-state index is 0.288. The summed E-state index contributed by atoms with van der Waals surface area (Å²) in [5.41, 5.74) is 0.288. The normalized spacial score (nSPS) is 26.7. The molecular weight excluding hydrogens is 246 g/mol. The third-order valence-corrected chi connectivity index (χ3v) is 4.81. The number of guanidine groups is 1. The van der Waals surface area contributed by atoms with Gasteiger partial charge in [-0.25, -0.2) is 0 Å². The van der Waals surface area contributed by atoms with Gasteiger partial charge in [0.05, 0.1) is 13.2 Å². The summed E-state index contributed by atoms with van der Waals surface area (Å²) in [7, 11) is 1.87. The lowest BCUT2D eigenvalue weighted by molar-refractivity contribution is -0.0972. The number of aliphatic imine (C=N–C) groups is 1. The monoisotopic (exact) mass is 271 g/mol. The molecule has 0 amide bonds. The zero-order valence-corrected chi connectivity index (χ0v) is 12.8. The summed E-state index contributed by atoms with van der Waals surface area (Å²) in [6.45, 7) is 11.7. The third-order valence-electron chi connectivity index (χ3n) is 3.51. The Kier molecular flexibility index (Phi) is 4.11. The van der Waals surface area contributed by atoms with Crippen LogP contribution in [0.3, 0.4) is 0 Å². The Hall–Kier alpha value is -0.420. The molecule has 104 valence electrons. The molecule has 0 aliphatic carbocycles. The predicted octanol–water partition coefficient (Wildman–Crippen LogP) is 1.43. The van der Waals surface area contributed by atoms with E-state index in [0.29, 0.717) is 4.75 Å². The van der Waals surface area contributed by atoms with Crippen molar-refractivity contribution in [2.24, 2.45) is 10.4 Å². The molecule has 0 spiro atoms. The van der Waals surface area contributed by atoms with Crippen LogP contribution in [0, 0.1) is 5.41 Å². The first-order valence-corrected chi connectivity index (χ1v) is 7.60. The van der Waals surface area contributed by atoms with Gasteiger partial charge >= 0.3 is 0 Å². The van der Waals surface area contributed by atoms with Crippen LogP contribution in [0.4, 0.5) is 0 Å². The lowest BCUT2D eigenvalue weighted by Gasteiger charge is -2.42. The fourth-order valence-electron chi connectivity index (χ4n) is 2.37. The minimum atomic E-state index is 0.288. The standard InChI is InChI=1S/C13H25N3OS/c1-12(2)8-16(5-6-18-12)11(14-4)15-7-13(3)9-17-10-13/h5-10H2,1-4H3,(H,14,15). The highest BCUT2D eigenvalue weighted by atomic mass is 32.2. The molecule has 0 radical (unpaired) electrons. The van der Waals surface area contributed by atoms with Crippen LogP contribution < -0.4 is 5.32 Å². The van der Waals surface area contributed by atoms with E-state index in [0.717, 1.165) is 38.8 Å². The number of thioether (sulfide) groups is 1. The van der Waals surface area contributed by atoms with Crippen LogP contribution in [0.5, 0.6) is 0 Å². The second-order valence-corrected chi connectivity index (χ2v) is 8.04. The Labute approximate surface area is 115 Å². The van der Waals surface area contributed by atoms with Gasteiger partial charge in [0.15, 0.2) is 5.96 Å². The molecule has 2 rings (SSSR count). The lowest BCUT2D eigenvalue weighted by Crippen LogP contribution is -2.55. The van der Waals surface area contributed by atoms with E-state index in [9.17, 15) is 0 Å². The fraction of sp³-hybridized carbons (Fsp3) is 0.923. The third kappa shape index (κ3) is 3.32. The van der Waals surface area contributed by atoms with Gasteiger partial charge < -0.3 is 15.0 Å². The molecule has 18 heavy (non-hydrogen) atoms. The molecule has 2 saturated heterocycles. The molecule has 5 heteroatoms. The van der Waals surface area contributed by atoms with Crippen LogP contribution >= 0.6 is 11.8 Å². The average Bonchev–Trinajstić information content (AvgIpc) is 2.26. The van der Waals surface area contributed by atoms with E-state index in [1.54, 1.807) is 0 Å². The average molecular weight is 271 g/mol. The smallest absolute Gasteiger partial charge is 0.193 e. The maximum Gasteiger partial charge on any atom is 0.193 e. The van der Waals surface area contributed by atoms with Crippen molar-refractivity contribution in [3.63, 3.8) is 0 Å². The first kappa shape index (κ1) is 14.0. The summed E-state index contributed by atoms with van der Waals surface area (Å²) >= 11 is 2.05. The van der Waals surface area contributed by atoms with Gasteiger partial charge in [-0.3, -0.25) is 4.99 Å². The molecule has 2 aliphatic rings. The van der Waals surface area contributed by atoms with Crippen molar-refractivity contribution in [3.05, 3.63) is 0 Å². The van der Waals surface area contributed by atoms with Gasteiger partial charge in [0.25, 0.3) is 0 Å². The quantitative estimate of drug-likeness (QED) is 0.609. The number of rotatable bonds is 2. The molecule has 0 aromatic carbocycles. The van der Waals surface area contributed by atoms with Crippen LogP contribution in [-0.2, 0) is 4.74 Å². The maximum absolute atomic E-state index is 5.29. The van der Waals surface area contributed by atoms with Crippen molar-refractivity contribution < 1.29 is 4.74 Å². The highest BCUT2D eigenvalue weighted by Gasteiger charge is 2.34. The first-order valence-electron chi connectivity index (χ1n) is 6.61. The number of hydrogen-bond donors (Lipinski definition) is 1. The zero-order chi connectivity index (χ0) is 13.2. The predicted molar refractivity (Wildman–Crippen MR) is 78.4 cm³/mol. The molecular formula is C13H25N3OS. The van der Waals surface area contributed by atoms with Crippen molar-refractivity contribution in [1.29, 1.82) is 0 Å². The Morgan fingerprint density at radius 1 is 1.39 bits per heavy atom. The van der Waals surface area contributed by atoms with Gasteiger partial charge in [-0.2, -0.15) is 11.8 Å². The van der Waals surface area contributed by atoms with E-state index in [1.807, 2.05) is 18.8 Å². The molecule has 0 saturated carbocycles. The molecule has 0 aromatic rings. The first-order chi connectivity index (χ1) is 8.44. The summed E-state index contributed by atoms with van der Waals surface area (Å²) in [6.07, 6.45) is 0. The van der Waals surface area contributed by atoms with E-state index < -0.39 is 0 Å². The van der Waals surface area contributed by atoms with Crippen molar-refractivity contribution >= 4 is 17.7 Å². The van der Waals surface area contributed by atoms with Crippen molar-refractivity contribution in [2.75, 3.05) is 45.6 Å². The van der Waals surface area contributed by atoms with Gasteiger partial charge in [-0.1, -0.05) is 6.92 Å². The summed E-state index contributed by atoms with van der Waals surface area (Å²) in [4.78, 5) is 6.79. The van der Waals surface area contributed by atoms with E-state index in [-0.39, 0.29) is 5.41 Å². The molecule has 0 unspecified atom stereocenters. The van der Waals surface area contributed by atoms with Crippen LogP contribution in [0.2, 0.25) is 0 Å². The molecule has 2 fully saturated rings.